The van der Waals surface area contributed by atoms with E-state index in [9.17, 15) is 13.6 Å². The van der Waals surface area contributed by atoms with Crippen LogP contribution >= 0.6 is 0 Å². The molecule has 1 aliphatic rings. The first-order valence-electron chi connectivity index (χ1n) is 7.05. The summed E-state index contributed by atoms with van der Waals surface area (Å²) >= 11 is 0. The molecule has 0 aliphatic carbocycles. The second-order valence-electron chi connectivity index (χ2n) is 5.26. The van der Waals surface area contributed by atoms with Crippen LogP contribution in [0.3, 0.4) is 0 Å². The second-order valence-corrected chi connectivity index (χ2v) is 5.26. The molecule has 0 spiro atoms. The molecule has 0 radical (unpaired) electrons. The number of hydrogen-bond acceptors (Lipinski definition) is 2. The lowest BCUT2D eigenvalue weighted by molar-refractivity contribution is -0.124. The quantitative estimate of drug-likeness (QED) is 0.890. The van der Waals surface area contributed by atoms with Crippen molar-refractivity contribution in [3.63, 3.8) is 0 Å². The average molecular weight is 282 g/mol. The zero-order chi connectivity index (χ0) is 14.5. The summed E-state index contributed by atoms with van der Waals surface area (Å²) in [7, 11) is 0. The SMILES string of the molecule is CCC1CCNC(C(=O)NCc2cc(F)ccc2F)C1. The second kappa shape index (κ2) is 6.79. The third kappa shape index (κ3) is 3.76. The Morgan fingerprint density at radius 2 is 2.25 bits per heavy atom. The van der Waals surface area contributed by atoms with Crippen LogP contribution in [0.15, 0.2) is 18.2 Å². The zero-order valence-electron chi connectivity index (χ0n) is 11.6. The van der Waals surface area contributed by atoms with E-state index in [4.69, 9.17) is 0 Å². The van der Waals surface area contributed by atoms with Crippen LogP contribution in [0.5, 0.6) is 0 Å². The summed E-state index contributed by atoms with van der Waals surface area (Å²) < 4.78 is 26.5. The molecule has 3 nitrogen and oxygen atoms in total. The van der Waals surface area contributed by atoms with E-state index in [1.807, 2.05) is 0 Å². The molecule has 1 amide bonds. The molecule has 2 rings (SSSR count). The van der Waals surface area contributed by atoms with Gasteiger partial charge in [-0.05, 0) is 43.5 Å². The Morgan fingerprint density at radius 3 is 3.00 bits per heavy atom. The molecule has 5 heteroatoms. The molecule has 0 saturated carbocycles. The Bertz CT molecular complexity index is 479. The number of hydrogen-bond donors (Lipinski definition) is 2. The molecule has 1 aromatic rings. The molecule has 1 heterocycles. The smallest absolute Gasteiger partial charge is 0.237 e. The summed E-state index contributed by atoms with van der Waals surface area (Å²) in [5, 5.41) is 5.84. The van der Waals surface area contributed by atoms with Crippen molar-refractivity contribution in [2.75, 3.05) is 6.54 Å². The van der Waals surface area contributed by atoms with Gasteiger partial charge in [-0.15, -0.1) is 0 Å². The Kier molecular flexibility index (Phi) is 5.06. The van der Waals surface area contributed by atoms with E-state index in [-0.39, 0.29) is 24.1 Å². The van der Waals surface area contributed by atoms with Crippen molar-refractivity contribution >= 4 is 5.91 Å². The Labute approximate surface area is 117 Å². The summed E-state index contributed by atoms with van der Waals surface area (Å²) in [4.78, 5) is 12.0. The van der Waals surface area contributed by atoms with Crippen LogP contribution in [0.25, 0.3) is 0 Å². The maximum absolute atomic E-state index is 13.4. The van der Waals surface area contributed by atoms with Gasteiger partial charge in [0.1, 0.15) is 11.6 Å². The van der Waals surface area contributed by atoms with Gasteiger partial charge in [0.15, 0.2) is 0 Å². The van der Waals surface area contributed by atoms with Gasteiger partial charge < -0.3 is 10.6 Å². The summed E-state index contributed by atoms with van der Waals surface area (Å²) in [6.45, 7) is 2.95. The topological polar surface area (TPSA) is 41.1 Å². The van der Waals surface area contributed by atoms with Gasteiger partial charge in [0, 0.05) is 12.1 Å². The number of nitrogens with one attached hydrogen (secondary N) is 2. The van der Waals surface area contributed by atoms with Gasteiger partial charge in [0.25, 0.3) is 0 Å². The predicted octanol–water partition coefficient (Wildman–Crippen LogP) is 2.36. The van der Waals surface area contributed by atoms with Crippen LogP contribution in [0.2, 0.25) is 0 Å². The normalized spacial score (nSPS) is 22.6. The number of piperidine rings is 1. The predicted molar refractivity (Wildman–Crippen MR) is 73.0 cm³/mol. The minimum absolute atomic E-state index is 0.0113. The van der Waals surface area contributed by atoms with E-state index in [1.165, 1.54) is 0 Å². The molecule has 0 aromatic heterocycles. The maximum atomic E-state index is 13.4. The first-order chi connectivity index (χ1) is 9.60. The lowest BCUT2D eigenvalue weighted by atomic mass is 9.90. The average Bonchev–Trinajstić information content (AvgIpc) is 2.48. The highest BCUT2D eigenvalue weighted by Crippen LogP contribution is 2.19. The van der Waals surface area contributed by atoms with Gasteiger partial charge in [-0.1, -0.05) is 13.3 Å². The third-order valence-electron chi connectivity index (χ3n) is 3.87. The first kappa shape index (κ1) is 14.9. The van der Waals surface area contributed by atoms with Crippen LogP contribution < -0.4 is 10.6 Å². The lowest BCUT2D eigenvalue weighted by Gasteiger charge is -2.28. The van der Waals surface area contributed by atoms with Crippen molar-refractivity contribution in [3.8, 4) is 0 Å². The van der Waals surface area contributed by atoms with Gasteiger partial charge in [-0.3, -0.25) is 4.79 Å². The first-order valence-corrected chi connectivity index (χ1v) is 7.05. The van der Waals surface area contributed by atoms with Gasteiger partial charge in [0.2, 0.25) is 5.91 Å². The summed E-state index contributed by atoms with van der Waals surface area (Å²) in [6, 6.07) is 3.02. The van der Waals surface area contributed by atoms with E-state index in [0.29, 0.717) is 5.92 Å². The van der Waals surface area contributed by atoms with Crippen molar-refractivity contribution in [2.24, 2.45) is 5.92 Å². The molecular weight excluding hydrogens is 262 g/mol. The molecule has 1 saturated heterocycles. The van der Waals surface area contributed by atoms with Crippen LogP contribution in [0.4, 0.5) is 8.78 Å². The van der Waals surface area contributed by atoms with E-state index < -0.39 is 11.6 Å². The number of rotatable bonds is 4. The van der Waals surface area contributed by atoms with Crippen LogP contribution in [0.1, 0.15) is 31.7 Å². The van der Waals surface area contributed by atoms with E-state index in [2.05, 4.69) is 17.6 Å². The highest BCUT2D eigenvalue weighted by atomic mass is 19.1. The number of carbonyl (C=O) groups is 1. The monoisotopic (exact) mass is 282 g/mol. The number of amides is 1. The zero-order valence-corrected chi connectivity index (χ0v) is 11.6. The summed E-state index contributed by atoms with van der Waals surface area (Å²) in [5.74, 6) is -0.600. The third-order valence-corrected chi connectivity index (χ3v) is 3.87. The number of carbonyl (C=O) groups excluding carboxylic acids is 1. The molecule has 2 N–H and O–H groups in total. The van der Waals surface area contributed by atoms with Crippen molar-refractivity contribution in [1.29, 1.82) is 0 Å². The number of benzene rings is 1. The van der Waals surface area contributed by atoms with E-state index in [0.717, 1.165) is 44.0 Å². The molecule has 2 atom stereocenters. The largest absolute Gasteiger partial charge is 0.351 e. The van der Waals surface area contributed by atoms with Crippen molar-refractivity contribution in [3.05, 3.63) is 35.4 Å². The van der Waals surface area contributed by atoms with Crippen molar-refractivity contribution < 1.29 is 13.6 Å². The fourth-order valence-electron chi connectivity index (χ4n) is 2.55. The fraction of sp³-hybridized carbons (Fsp3) is 0.533. The maximum Gasteiger partial charge on any atom is 0.237 e. The van der Waals surface area contributed by atoms with Gasteiger partial charge >= 0.3 is 0 Å². The van der Waals surface area contributed by atoms with Crippen LogP contribution in [-0.4, -0.2) is 18.5 Å². The molecule has 2 unspecified atom stereocenters. The molecular formula is C15H20F2N2O. The highest BCUT2D eigenvalue weighted by Gasteiger charge is 2.25. The minimum Gasteiger partial charge on any atom is -0.351 e. The van der Waals surface area contributed by atoms with Crippen molar-refractivity contribution in [2.45, 2.75) is 38.8 Å². The Hall–Kier alpha value is -1.49. The molecule has 0 bridgehead atoms. The van der Waals surface area contributed by atoms with E-state index >= 15 is 0 Å². The fourth-order valence-corrected chi connectivity index (χ4v) is 2.55. The van der Waals surface area contributed by atoms with Gasteiger partial charge in [-0.2, -0.15) is 0 Å². The Balaban J connectivity index is 1.90. The Morgan fingerprint density at radius 1 is 1.45 bits per heavy atom. The molecule has 110 valence electrons. The molecule has 1 aromatic carbocycles. The van der Waals surface area contributed by atoms with Gasteiger partial charge in [-0.25, -0.2) is 8.78 Å². The standard InChI is InChI=1S/C15H20F2N2O/c1-2-10-5-6-18-14(7-10)15(20)19-9-11-8-12(16)3-4-13(11)17/h3-4,8,10,14,18H,2,5-7,9H2,1H3,(H,19,20). The van der Waals surface area contributed by atoms with Crippen LogP contribution in [0, 0.1) is 17.6 Å². The molecule has 1 aliphatic heterocycles. The molecule has 1 fully saturated rings. The lowest BCUT2D eigenvalue weighted by Crippen LogP contribution is -2.48. The summed E-state index contributed by atoms with van der Waals surface area (Å²) in [5.41, 5.74) is 0.168. The van der Waals surface area contributed by atoms with Gasteiger partial charge in [0.05, 0.1) is 6.04 Å². The van der Waals surface area contributed by atoms with Crippen molar-refractivity contribution in [1.82, 2.24) is 10.6 Å². The molecule has 20 heavy (non-hydrogen) atoms. The highest BCUT2D eigenvalue weighted by molar-refractivity contribution is 5.81. The van der Waals surface area contributed by atoms with E-state index in [1.54, 1.807) is 0 Å². The minimum atomic E-state index is -0.505. The summed E-state index contributed by atoms with van der Waals surface area (Å²) in [6.07, 6.45) is 2.94. The number of halogens is 2. The van der Waals surface area contributed by atoms with Crippen LogP contribution in [-0.2, 0) is 11.3 Å².